The Morgan fingerprint density at radius 2 is 2.00 bits per heavy atom. The fourth-order valence-electron chi connectivity index (χ4n) is 4.90. The molecule has 2 saturated heterocycles. The molecule has 2 fully saturated rings. The first-order chi connectivity index (χ1) is 16.3. The molecule has 3 heterocycles. The van der Waals surface area contributed by atoms with Gasteiger partial charge in [0.05, 0.1) is 18.7 Å². The van der Waals surface area contributed by atoms with Crippen LogP contribution in [0.1, 0.15) is 46.8 Å². The number of piperazine rings is 1. The summed E-state index contributed by atoms with van der Waals surface area (Å²) in [4.78, 5) is 33.8. The highest BCUT2D eigenvalue weighted by Gasteiger charge is 2.33. The van der Waals surface area contributed by atoms with E-state index in [1.807, 2.05) is 17.9 Å². The molecule has 1 aromatic carbocycles. The average molecular weight is 488 g/mol. The molecule has 0 spiro atoms. The van der Waals surface area contributed by atoms with Gasteiger partial charge in [0.2, 0.25) is 5.91 Å². The molecule has 0 radical (unpaired) electrons. The Morgan fingerprint density at radius 3 is 2.71 bits per heavy atom. The van der Waals surface area contributed by atoms with Crippen molar-refractivity contribution in [3.63, 3.8) is 0 Å². The number of hydrogen-bond acceptors (Lipinski definition) is 5. The van der Waals surface area contributed by atoms with Gasteiger partial charge in [0, 0.05) is 62.0 Å². The summed E-state index contributed by atoms with van der Waals surface area (Å²) in [6, 6.07) is 5.06. The Labute approximate surface area is 205 Å². The van der Waals surface area contributed by atoms with Gasteiger partial charge in [0.1, 0.15) is 5.82 Å². The molecule has 0 aliphatic carbocycles. The zero-order valence-electron chi connectivity index (χ0n) is 19.7. The van der Waals surface area contributed by atoms with Gasteiger partial charge in [-0.1, -0.05) is 11.6 Å². The predicted octanol–water partition coefficient (Wildman–Crippen LogP) is 4.07. The molecule has 34 heavy (non-hydrogen) atoms. The second kappa shape index (κ2) is 10.9. The maximum Gasteiger partial charge on any atom is 0.228 e. The Hall–Kier alpha value is -2.35. The van der Waals surface area contributed by atoms with Gasteiger partial charge in [-0.3, -0.25) is 19.5 Å². The maximum absolute atomic E-state index is 13.5. The second-order valence-corrected chi connectivity index (χ2v) is 9.81. The Kier molecular flexibility index (Phi) is 7.96. The Morgan fingerprint density at radius 1 is 1.21 bits per heavy atom. The highest BCUT2D eigenvalue weighted by molar-refractivity contribution is 6.30. The number of carbonyl (C=O) groups is 2. The van der Waals surface area contributed by atoms with E-state index in [2.05, 4.69) is 16.8 Å². The lowest BCUT2D eigenvalue weighted by atomic mass is 9.95. The van der Waals surface area contributed by atoms with E-state index in [9.17, 15) is 14.0 Å². The molecular formula is C26H31ClFN3O3. The first kappa shape index (κ1) is 24.8. The van der Waals surface area contributed by atoms with Crippen LogP contribution in [0.2, 0.25) is 5.02 Å². The lowest BCUT2D eigenvalue weighted by Crippen LogP contribution is -2.55. The van der Waals surface area contributed by atoms with Crippen LogP contribution in [0.3, 0.4) is 0 Å². The number of hydrogen-bond donors (Lipinski definition) is 0. The largest absolute Gasteiger partial charge is 0.381 e. The maximum atomic E-state index is 13.5. The standard InChI is InChI=1S/C26H31ClFN3O3/c1-17-14-30(5-6-31(17)26(33)19-4-3-7-34-16-19)15-22-9-23(27)8-20(18(22)2)11-25(32)21-10-24(28)13-29-12-21/h8-10,12-13,17,19H,3-7,11,14-16H2,1-2H3/t17-,19+/m0/s1. The van der Waals surface area contributed by atoms with Crippen LogP contribution < -0.4 is 0 Å². The molecule has 6 nitrogen and oxygen atoms in total. The highest BCUT2D eigenvalue weighted by atomic mass is 35.5. The summed E-state index contributed by atoms with van der Waals surface area (Å²) in [5, 5.41) is 0.569. The monoisotopic (exact) mass is 487 g/mol. The van der Waals surface area contributed by atoms with Gasteiger partial charge in [0.25, 0.3) is 0 Å². The first-order valence-electron chi connectivity index (χ1n) is 11.8. The van der Waals surface area contributed by atoms with E-state index in [-0.39, 0.29) is 35.6 Å². The smallest absolute Gasteiger partial charge is 0.228 e. The fourth-order valence-corrected chi connectivity index (χ4v) is 5.16. The average Bonchev–Trinajstić information content (AvgIpc) is 2.82. The van der Waals surface area contributed by atoms with Gasteiger partial charge in [-0.25, -0.2) is 4.39 Å². The van der Waals surface area contributed by atoms with Crippen molar-refractivity contribution in [2.45, 2.75) is 45.7 Å². The lowest BCUT2D eigenvalue weighted by Gasteiger charge is -2.42. The third-order valence-electron chi connectivity index (χ3n) is 6.86. The third-order valence-corrected chi connectivity index (χ3v) is 7.08. The summed E-state index contributed by atoms with van der Waals surface area (Å²) in [6.45, 7) is 8.29. The molecule has 2 atom stereocenters. The van der Waals surface area contributed by atoms with Crippen LogP contribution in [0.4, 0.5) is 4.39 Å². The van der Waals surface area contributed by atoms with Crippen molar-refractivity contribution < 1.29 is 18.7 Å². The minimum absolute atomic E-state index is 0.0219. The third kappa shape index (κ3) is 5.82. The van der Waals surface area contributed by atoms with Gasteiger partial charge < -0.3 is 9.64 Å². The lowest BCUT2D eigenvalue weighted by molar-refractivity contribution is -0.144. The molecule has 0 N–H and O–H groups in total. The number of pyridine rings is 1. The van der Waals surface area contributed by atoms with Crippen molar-refractivity contribution in [3.05, 3.63) is 63.7 Å². The van der Waals surface area contributed by atoms with E-state index in [1.165, 1.54) is 12.3 Å². The van der Waals surface area contributed by atoms with Gasteiger partial charge in [0.15, 0.2) is 5.78 Å². The van der Waals surface area contributed by atoms with E-state index >= 15 is 0 Å². The normalized spacial score (nSPS) is 21.5. The second-order valence-electron chi connectivity index (χ2n) is 9.37. The zero-order chi connectivity index (χ0) is 24.2. The van der Waals surface area contributed by atoms with Gasteiger partial charge in [-0.05, 0) is 61.6 Å². The van der Waals surface area contributed by atoms with Crippen LogP contribution in [0.15, 0.2) is 30.6 Å². The van der Waals surface area contributed by atoms with Crippen molar-refractivity contribution in [2.24, 2.45) is 5.92 Å². The Balaban J connectivity index is 1.41. The fraction of sp³-hybridized carbons (Fsp3) is 0.500. The van der Waals surface area contributed by atoms with Crippen molar-refractivity contribution in [2.75, 3.05) is 32.8 Å². The topological polar surface area (TPSA) is 62.7 Å². The number of ketones is 1. The van der Waals surface area contributed by atoms with Crippen LogP contribution in [0, 0.1) is 18.7 Å². The molecule has 0 bridgehead atoms. The number of halogens is 2. The van der Waals surface area contributed by atoms with Gasteiger partial charge in [-0.2, -0.15) is 0 Å². The van der Waals surface area contributed by atoms with Gasteiger partial charge in [-0.15, -0.1) is 0 Å². The summed E-state index contributed by atoms with van der Waals surface area (Å²) in [5.41, 5.74) is 3.14. The van der Waals surface area contributed by atoms with Crippen LogP contribution in [-0.4, -0.2) is 65.4 Å². The first-order valence-corrected chi connectivity index (χ1v) is 12.2. The molecule has 1 aromatic heterocycles. The number of amides is 1. The molecule has 4 rings (SSSR count). The van der Waals surface area contributed by atoms with E-state index in [4.69, 9.17) is 16.3 Å². The van der Waals surface area contributed by atoms with Crippen molar-refractivity contribution >= 4 is 23.3 Å². The van der Waals surface area contributed by atoms with Crippen molar-refractivity contribution in [1.29, 1.82) is 0 Å². The number of nitrogens with zero attached hydrogens (tertiary/aromatic N) is 3. The molecule has 2 aliphatic heterocycles. The number of ether oxygens (including phenoxy) is 1. The number of Topliss-reactive ketones (excluding diaryl/α,β-unsaturated/α-hetero) is 1. The van der Waals surface area contributed by atoms with Gasteiger partial charge >= 0.3 is 0 Å². The molecule has 1 amide bonds. The predicted molar refractivity (Wildman–Crippen MR) is 128 cm³/mol. The van der Waals surface area contributed by atoms with Crippen LogP contribution >= 0.6 is 11.6 Å². The quantitative estimate of drug-likeness (QED) is 0.575. The minimum atomic E-state index is -0.530. The summed E-state index contributed by atoms with van der Waals surface area (Å²) in [7, 11) is 0. The number of rotatable bonds is 6. The van der Waals surface area contributed by atoms with Crippen LogP contribution in [-0.2, 0) is 22.5 Å². The zero-order valence-corrected chi connectivity index (χ0v) is 20.5. The molecule has 8 heteroatoms. The van der Waals surface area contributed by atoms with Crippen molar-refractivity contribution in [1.82, 2.24) is 14.8 Å². The van der Waals surface area contributed by atoms with Crippen molar-refractivity contribution in [3.8, 4) is 0 Å². The molecular weight excluding hydrogens is 457 g/mol. The summed E-state index contributed by atoms with van der Waals surface area (Å²) in [5.74, 6) is -0.544. The minimum Gasteiger partial charge on any atom is -0.381 e. The van der Waals surface area contributed by atoms with Crippen LogP contribution in [0.25, 0.3) is 0 Å². The van der Waals surface area contributed by atoms with E-state index in [1.54, 1.807) is 6.07 Å². The number of benzene rings is 1. The molecule has 182 valence electrons. The number of carbonyl (C=O) groups excluding carboxylic acids is 2. The van der Waals surface area contributed by atoms with E-state index < -0.39 is 5.82 Å². The highest BCUT2D eigenvalue weighted by Crippen LogP contribution is 2.25. The molecule has 2 aliphatic rings. The van der Waals surface area contributed by atoms with E-state index in [0.717, 1.165) is 55.4 Å². The van der Waals surface area contributed by atoms with Crippen LogP contribution in [0.5, 0.6) is 0 Å². The number of aromatic nitrogens is 1. The SMILES string of the molecule is Cc1c(CC(=O)c2cncc(F)c2)cc(Cl)cc1CN1CCN(C(=O)[C@@H]2CCCOC2)[C@@H](C)C1. The summed E-state index contributed by atoms with van der Waals surface area (Å²) < 4.78 is 19.0. The summed E-state index contributed by atoms with van der Waals surface area (Å²) >= 11 is 6.41. The molecule has 2 aromatic rings. The summed E-state index contributed by atoms with van der Waals surface area (Å²) in [6.07, 6.45) is 4.44. The Bertz CT molecular complexity index is 1060. The molecule has 0 unspecified atom stereocenters. The molecule has 0 saturated carbocycles. The van der Waals surface area contributed by atoms with E-state index in [0.29, 0.717) is 24.7 Å².